The molecule has 2 heterocycles. The van der Waals surface area contributed by atoms with Crippen LogP contribution in [-0.4, -0.2) is 24.4 Å². The summed E-state index contributed by atoms with van der Waals surface area (Å²) < 4.78 is 16.4. The maximum atomic E-state index is 9.69. The third-order valence-electron chi connectivity index (χ3n) is 4.30. The highest BCUT2D eigenvalue weighted by molar-refractivity contribution is 5.59. The fourth-order valence-electron chi connectivity index (χ4n) is 3.08. The molecule has 0 spiro atoms. The molecular weight excluding hydrogens is 320 g/mol. The predicted octanol–water partition coefficient (Wildman–Crippen LogP) is 2.77. The lowest BCUT2D eigenvalue weighted by Gasteiger charge is -2.26. The summed E-state index contributed by atoms with van der Waals surface area (Å²) in [6, 6.07) is 7.66. The monoisotopic (exact) mass is 340 g/mol. The quantitative estimate of drug-likeness (QED) is 0.886. The Morgan fingerprint density at radius 3 is 2.68 bits per heavy atom. The van der Waals surface area contributed by atoms with Crippen molar-refractivity contribution >= 4 is 0 Å². The Morgan fingerprint density at radius 2 is 2.08 bits per heavy atom. The Hall–Kier alpha value is -3.14. The Bertz CT molecular complexity index is 877. The van der Waals surface area contributed by atoms with Crippen LogP contribution in [0.4, 0.5) is 0 Å². The number of aromatic nitrogens is 2. The lowest BCUT2D eigenvalue weighted by molar-refractivity contribution is 0.372. The van der Waals surface area contributed by atoms with Crippen molar-refractivity contribution in [2.45, 2.75) is 25.7 Å². The number of hydrogen-bond acceptors (Lipinski definition) is 6. The average Bonchev–Trinajstić information content (AvgIpc) is 3.03. The fourth-order valence-corrected chi connectivity index (χ4v) is 3.08. The van der Waals surface area contributed by atoms with Gasteiger partial charge in [0.05, 0.1) is 25.7 Å². The molecule has 3 rings (SSSR count). The molecule has 130 valence electrons. The molecule has 0 amide bonds. The minimum Gasteiger partial charge on any atom is -0.497 e. The van der Waals surface area contributed by atoms with Crippen LogP contribution in [0.25, 0.3) is 0 Å². The van der Waals surface area contributed by atoms with Gasteiger partial charge in [0.1, 0.15) is 23.1 Å². The second kappa shape index (κ2) is 6.40. The number of aromatic amines is 1. The molecule has 1 aromatic heterocycles. The molecule has 0 aliphatic carbocycles. The molecule has 0 unspecified atom stereocenters. The van der Waals surface area contributed by atoms with Crippen molar-refractivity contribution in [3.05, 3.63) is 46.5 Å². The smallest absolute Gasteiger partial charge is 0.244 e. The molecule has 25 heavy (non-hydrogen) atoms. The van der Waals surface area contributed by atoms with Gasteiger partial charge in [0.2, 0.25) is 11.8 Å². The second-order valence-corrected chi connectivity index (χ2v) is 6.04. The number of nitrogens with two attached hydrogens (primary N) is 1. The van der Waals surface area contributed by atoms with Gasteiger partial charge in [0, 0.05) is 17.3 Å². The van der Waals surface area contributed by atoms with E-state index in [2.05, 4.69) is 16.3 Å². The van der Waals surface area contributed by atoms with Gasteiger partial charge < -0.3 is 19.9 Å². The van der Waals surface area contributed by atoms with E-state index in [4.69, 9.17) is 19.9 Å². The number of methoxy groups -OCH3 is 2. The van der Waals surface area contributed by atoms with E-state index in [1.807, 2.05) is 26.0 Å². The Morgan fingerprint density at radius 1 is 1.32 bits per heavy atom. The summed E-state index contributed by atoms with van der Waals surface area (Å²) in [5.41, 5.74) is 8.83. The number of allylic oxidation sites excluding steroid dienone is 1. The lowest BCUT2D eigenvalue weighted by atomic mass is 9.82. The van der Waals surface area contributed by atoms with Gasteiger partial charge in [0.15, 0.2) is 0 Å². The van der Waals surface area contributed by atoms with Gasteiger partial charge in [0.25, 0.3) is 0 Å². The molecule has 3 N–H and O–H groups in total. The molecule has 0 saturated carbocycles. The zero-order chi connectivity index (χ0) is 18.1. The van der Waals surface area contributed by atoms with Crippen LogP contribution in [0, 0.1) is 11.3 Å². The molecule has 7 nitrogen and oxygen atoms in total. The van der Waals surface area contributed by atoms with E-state index >= 15 is 0 Å². The van der Waals surface area contributed by atoms with Crippen LogP contribution in [0.15, 0.2) is 29.7 Å². The molecule has 1 aromatic carbocycles. The zero-order valence-corrected chi connectivity index (χ0v) is 14.6. The Balaban J connectivity index is 2.27. The first-order valence-corrected chi connectivity index (χ1v) is 7.89. The van der Waals surface area contributed by atoms with Crippen molar-refractivity contribution in [2.24, 2.45) is 5.73 Å². The van der Waals surface area contributed by atoms with Crippen molar-refractivity contribution in [2.75, 3.05) is 14.2 Å². The summed E-state index contributed by atoms with van der Waals surface area (Å²) in [5.74, 6) is 1.47. The minimum absolute atomic E-state index is 0.0553. The van der Waals surface area contributed by atoms with Crippen molar-refractivity contribution in [1.82, 2.24) is 10.2 Å². The maximum absolute atomic E-state index is 9.69. The first kappa shape index (κ1) is 16.7. The number of nitrogens with zero attached hydrogens (tertiary/aromatic N) is 2. The molecular formula is C18H20N4O3. The molecule has 0 fully saturated rings. The average molecular weight is 340 g/mol. The molecule has 1 atom stereocenters. The van der Waals surface area contributed by atoms with Crippen LogP contribution in [0.1, 0.15) is 42.5 Å². The molecule has 2 aromatic rings. The van der Waals surface area contributed by atoms with Crippen molar-refractivity contribution in [3.63, 3.8) is 0 Å². The summed E-state index contributed by atoms with van der Waals surface area (Å²) in [4.78, 5) is 0. The van der Waals surface area contributed by atoms with Gasteiger partial charge >= 0.3 is 0 Å². The van der Waals surface area contributed by atoms with E-state index in [1.165, 1.54) is 0 Å². The van der Waals surface area contributed by atoms with Crippen LogP contribution in [0.2, 0.25) is 0 Å². The van der Waals surface area contributed by atoms with E-state index < -0.39 is 5.92 Å². The van der Waals surface area contributed by atoms with Gasteiger partial charge in [-0.2, -0.15) is 5.26 Å². The Kier molecular flexibility index (Phi) is 4.28. The highest BCUT2D eigenvalue weighted by atomic mass is 16.5. The summed E-state index contributed by atoms with van der Waals surface area (Å²) in [5, 5.41) is 16.9. The van der Waals surface area contributed by atoms with E-state index in [0.717, 1.165) is 16.8 Å². The first-order chi connectivity index (χ1) is 12.0. The maximum Gasteiger partial charge on any atom is 0.244 e. The van der Waals surface area contributed by atoms with Gasteiger partial charge in [-0.25, -0.2) is 0 Å². The summed E-state index contributed by atoms with van der Waals surface area (Å²) >= 11 is 0. The number of nitriles is 1. The van der Waals surface area contributed by atoms with Gasteiger partial charge in [-0.15, -0.1) is 5.10 Å². The SMILES string of the molecule is COc1ccc([C@@H]2C(C#N)=C(N)Oc3n[nH]c(C(C)C)c32)c(OC)c1. The van der Waals surface area contributed by atoms with Crippen LogP contribution in [0.5, 0.6) is 17.4 Å². The standard InChI is InChI=1S/C18H20N4O3/c1-9(2)16-15-14(11-6-5-10(23-3)7-13(11)24-4)12(8-19)17(20)25-18(15)22-21-16/h5-7,9,14H,20H2,1-4H3,(H,21,22)/t14-/m1/s1. The van der Waals surface area contributed by atoms with Crippen LogP contribution >= 0.6 is 0 Å². The van der Waals surface area contributed by atoms with Crippen LogP contribution in [0.3, 0.4) is 0 Å². The number of ether oxygens (including phenoxy) is 3. The summed E-state index contributed by atoms with van der Waals surface area (Å²) in [7, 11) is 3.17. The molecule has 1 aliphatic rings. The van der Waals surface area contributed by atoms with E-state index in [0.29, 0.717) is 23.0 Å². The van der Waals surface area contributed by atoms with Crippen LogP contribution in [-0.2, 0) is 0 Å². The number of H-pyrrole nitrogens is 1. The Labute approximate surface area is 146 Å². The van der Waals surface area contributed by atoms with E-state index in [9.17, 15) is 5.26 Å². The number of fused-ring (bicyclic) bond motifs is 1. The zero-order valence-electron chi connectivity index (χ0n) is 14.6. The second-order valence-electron chi connectivity index (χ2n) is 6.04. The van der Waals surface area contributed by atoms with E-state index in [1.54, 1.807) is 20.3 Å². The summed E-state index contributed by atoms with van der Waals surface area (Å²) in [6.07, 6.45) is 0. The normalized spacial score (nSPS) is 16.2. The summed E-state index contributed by atoms with van der Waals surface area (Å²) in [6.45, 7) is 4.09. The van der Waals surface area contributed by atoms with Crippen molar-refractivity contribution in [1.29, 1.82) is 5.26 Å². The number of hydrogen-bond donors (Lipinski definition) is 2. The topological polar surface area (TPSA) is 106 Å². The van der Waals surface area contributed by atoms with Crippen molar-refractivity contribution < 1.29 is 14.2 Å². The van der Waals surface area contributed by atoms with Gasteiger partial charge in [-0.3, -0.25) is 5.10 Å². The van der Waals surface area contributed by atoms with Gasteiger partial charge in [-0.1, -0.05) is 19.9 Å². The highest BCUT2D eigenvalue weighted by Crippen LogP contribution is 2.47. The van der Waals surface area contributed by atoms with E-state index in [-0.39, 0.29) is 11.8 Å². The van der Waals surface area contributed by atoms with Crippen LogP contribution < -0.4 is 19.9 Å². The largest absolute Gasteiger partial charge is 0.497 e. The minimum atomic E-state index is -0.425. The third-order valence-corrected chi connectivity index (χ3v) is 4.30. The van der Waals surface area contributed by atoms with Gasteiger partial charge in [-0.05, 0) is 12.0 Å². The molecule has 7 heteroatoms. The highest BCUT2D eigenvalue weighted by Gasteiger charge is 2.37. The third kappa shape index (κ3) is 2.66. The molecule has 1 aliphatic heterocycles. The molecule has 0 radical (unpaired) electrons. The number of nitrogens with one attached hydrogen (secondary N) is 1. The first-order valence-electron chi connectivity index (χ1n) is 7.89. The molecule has 0 bridgehead atoms. The predicted molar refractivity (Wildman–Crippen MR) is 91.5 cm³/mol. The van der Waals surface area contributed by atoms with Crippen molar-refractivity contribution in [3.8, 4) is 23.4 Å². The lowest BCUT2D eigenvalue weighted by Crippen LogP contribution is -2.21. The number of benzene rings is 1. The fraction of sp³-hybridized carbons (Fsp3) is 0.333. The molecule has 0 saturated heterocycles. The number of rotatable bonds is 4.